The van der Waals surface area contributed by atoms with Gasteiger partial charge in [0.05, 0.1) is 7.11 Å². The Morgan fingerprint density at radius 1 is 0.967 bits per heavy atom. The van der Waals surface area contributed by atoms with Crippen molar-refractivity contribution in [3.63, 3.8) is 0 Å². The number of piperazine rings is 1. The quantitative estimate of drug-likeness (QED) is 0.696. The second-order valence-electron chi connectivity index (χ2n) is 7.02. The Morgan fingerprint density at radius 2 is 1.57 bits per heavy atom. The van der Waals surface area contributed by atoms with Gasteiger partial charge in [-0.15, -0.1) is 12.4 Å². The van der Waals surface area contributed by atoms with E-state index < -0.39 is 0 Å². The summed E-state index contributed by atoms with van der Waals surface area (Å²) < 4.78 is 5.10. The molecule has 0 aromatic heterocycles. The van der Waals surface area contributed by atoms with Crippen LogP contribution in [0.3, 0.4) is 0 Å². The van der Waals surface area contributed by atoms with Gasteiger partial charge >= 0.3 is 0 Å². The molecule has 1 saturated heterocycles. The van der Waals surface area contributed by atoms with Gasteiger partial charge in [-0.05, 0) is 42.0 Å². The molecule has 8 heteroatoms. The van der Waals surface area contributed by atoms with Crippen LogP contribution >= 0.6 is 12.4 Å². The Bertz CT molecular complexity index is 817. The summed E-state index contributed by atoms with van der Waals surface area (Å²) in [6, 6.07) is 14.5. The number of benzene rings is 2. The van der Waals surface area contributed by atoms with Crippen LogP contribution in [0.15, 0.2) is 48.5 Å². The number of hydrogen-bond donors (Lipinski definition) is 2. The predicted molar refractivity (Wildman–Crippen MR) is 119 cm³/mol. The van der Waals surface area contributed by atoms with E-state index in [9.17, 15) is 9.59 Å². The van der Waals surface area contributed by atoms with E-state index in [0.29, 0.717) is 37.3 Å². The SMILES string of the molecule is COc1ccc(C(=O)NCCN2CCN(C(=O)c3ccc(CN)cc3)CC2)cc1.Cl. The summed E-state index contributed by atoms with van der Waals surface area (Å²) >= 11 is 0. The molecule has 162 valence electrons. The number of nitrogens with zero attached hydrogens (tertiary/aromatic N) is 2. The van der Waals surface area contributed by atoms with E-state index in [-0.39, 0.29) is 24.2 Å². The van der Waals surface area contributed by atoms with E-state index in [0.717, 1.165) is 30.9 Å². The third-order valence-electron chi connectivity index (χ3n) is 5.16. The normalized spacial score (nSPS) is 14.0. The Hall–Kier alpha value is -2.61. The fourth-order valence-electron chi connectivity index (χ4n) is 3.31. The topological polar surface area (TPSA) is 87.9 Å². The Kier molecular flexibility index (Phi) is 9.11. The molecular formula is C22H29ClN4O3. The summed E-state index contributed by atoms with van der Waals surface area (Å²) in [5, 5.41) is 2.94. The van der Waals surface area contributed by atoms with Crippen LogP contribution in [0.25, 0.3) is 0 Å². The highest BCUT2D eigenvalue weighted by Crippen LogP contribution is 2.12. The molecule has 2 aromatic carbocycles. The van der Waals surface area contributed by atoms with Crippen LogP contribution in [0.2, 0.25) is 0 Å². The number of nitrogens with one attached hydrogen (secondary N) is 1. The number of ether oxygens (including phenoxy) is 1. The molecule has 0 aliphatic carbocycles. The van der Waals surface area contributed by atoms with Gasteiger partial charge in [-0.25, -0.2) is 0 Å². The molecule has 30 heavy (non-hydrogen) atoms. The van der Waals surface area contributed by atoms with Gasteiger partial charge in [0.15, 0.2) is 0 Å². The molecule has 1 heterocycles. The molecule has 0 spiro atoms. The zero-order valence-electron chi connectivity index (χ0n) is 17.2. The first-order valence-electron chi connectivity index (χ1n) is 9.83. The van der Waals surface area contributed by atoms with Crippen LogP contribution in [0.1, 0.15) is 26.3 Å². The minimum Gasteiger partial charge on any atom is -0.497 e. The van der Waals surface area contributed by atoms with Gasteiger partial charge in [-0.3, -0.25) is 14.5 Å². The number of amides is 2. The van der Waals surface area contributed by atoms with E-state index in [1.165, 1.54) is 0 Å². The van der Waals surface area contributed by atoms with E-state index in [4.69, 9.17) is 10.5 Å². The molecule has 0 bridgehead atoms. The minimum absolute atomic E-state index is 0. The lowest BCUT2D eigenvalue weighted by Crippen LogP contribution is -2.50. The Morgan fingerprint density at radius 3 is 2.13 bits per heavy atom. The van der Waals surface area contributed by atoms with Crippen LogP contribution in [-0.4, -0.2) is 68.0 Å². The lowest BCUT2D eigenvalue weighted by Gasteiger charge is -2.34. The first-order valence-corrected chi connectivity index (χ1v) is 9.83. The van der Waals surface area contributed by atoms with E-state index >= 15 is 0 Å². The number of nitrogens with two attached hydrogens (primary N) is 1. The van der Waals surface area contributed by atoms with Gasteiger partial charge < -0.3 is 20.7 Å². The zero-order chi connectivity index (χ0) is 20.6. The van der Waals surface area contributed by atoms with Crippen molar-refractivity contribution in [2.24, 2.45) is 5.73 Å². The number of rotatable bonds is 7. The summed E-state index contributed by atoms with van der Waals surface area (Å²) in [6.07, 6.45) is 0. The average Bonchev–Trinajstić information content (AvgIpc) is 2.79. The first-order chi connectivity index (χ1) is 14.1. The Balaban J connectivity index is 0.00000320. The van der Waals surface area contributed by atoms with Gasteiger partial charge in [-0.2, -0.15) is 0 Å². The van der Waals surface area contributed by atoms with Gasteiger partial charge in [0.1, 0.15) is 5.75 Å². The highest BCUT2D eigenvalue weighted by Gasteiger charge is 2.22. The molecule has 1 aliphatic heterocycles. The van der Waals surface area contributed by atoms with Gasteiger partial charge in [0.2, 0.25) is 0 Å². The Labute approximate surface area is 183 Å². The molecule has 2 aromatic rings. The van der Waals surface area contributed by atoms with E-state index in [1.807, 2.05) is 29.2 Å². The van der Waals surface area contributed by atoms with Crippen LogP contribution in [0, 0.1) is 0 Å². The van der Waals surface area contributed by atoms with Crippen LogP contribution < -0.4 is 15.8 Å². The number of halogens is 1. The molecule has 1 aliphatic rings. The lowest BCUT2D eigenvalue weighted by atomic mass is 10.1. The molecule has 0 unspecified atom stereocenters. The molecule has 0 atom stereocenters. The summed E-state index contributed by atoms with van der Waals surface area (Å²) in [5.74, 6) is 0.688. The van der Waals surface area contributed by atoms with Gasteiger partial charge in [0.25, 0.3) is 11.8 Å². The number of hydrogen-bond acceptors (Lipinski definition) is 5. The molecule has 0 radical (unpaired) electrons. The molecule has 0 saturated carbocycles. The minimum atomic E-state index is -0.0950. The third kappa shape index (κ3) is 6.19. The number of carbonyl (C=O) groups is 2. The van der Waals surface area contributed by atoms with Gasteiger partial charge in [0, 0.05) is 56.9 Å². The van der Waals surface area contributed by atoms with Gasteiger partial charge in [-0.1, -0.05) is 12.1 Å². The molecule has 3 rings (SSSR count). The van der Waals surface area contributed by atoms with Crippen molar-refractivity contribution in [2.75, 3.05) is 46.4 Å². The third-order valence-corrected chi connectivity index (χ3v) is 5.16. The summed E-state index contributed by atoms with van der Waals surface area (Å²) in [5.41, 5.74) is 7.93. The molecule has 7 nitrogen and oxygen atoms in total. The van der Waals surface area contributed by atoms with Crippen LogP contribution in [0.4, 0.5) is 0 Å². The fourth-order valence-corrected chi connectivity index (χ4v) is 3.31. The van der Waals surface area contributed by atoms with Crippen LogP contribution in [-0.2, 0) is 6.54 Å². The summed E-state index contributed by atoms with van der Waals surface area (Å²) in [7, 11) is 1.60. The lowest BCUT2D eigenvalue weighted by molar-refractivity contribution is 0.0638. The van der Waals surface area contributed by atoms with Crippen molar-refractivity contribution in [1.82, 2.24) is 15.1 Å². The van der Waals surface area contributed by atoms with Crippen molar-refractivity contribution in [3.8, 4) is 5.75 Å². The number of carbonyl (C=O) groups excluding carboxylic acids is 2. The summed E-state index contributed by atoms with van der Waals surface area (Å²) in [4.78, 5) is 29.0. The average molecular weight is 433 g/mol. The highest BCUT2D eigenvalue weighted by atomic mass is 35.5. The van der Waals surface area contributed by atoms with Crippen molar-refractivity contribution in [1.29, 1.82) is 0 Å². The molecule has 2 amide bonds. The van der Waals surface area contributed by atoms with Crippen molar-refractivity contribution < 1.29 is 14.3 Å². The predicted octanol–water partition coefficient (Wildman–Crippen LogP) is 1.76. The second kappa shape index (κ2) is 11.5. The van der Waals surface area contributed by atoms with E-state index in [1.54, 1.807) is 31.4 Å². The second-order valence-corrected chi connectivity index (χ2v) is 7.02. The number of methoxy groups -OCH3 is 1. The first kappa shape index (κ1) is 23.7. The maximum Gasteiger partial charge on any atom is 0.253 e. The van der Waals surface area contributed by atoms with Crippen molar-refractivity contribution >= 4 is 24.2 Å². The van der Waals surface area contributed by atoms with E-state index in [2.05, 4.69) is 10.2 Å². The monoisotopic (exact) mass is 432 g/mol. The maximum absolute atomic E-state index is 12.6. The standard InChI is InChI=1S/C22H28N4O3.ClH/c1-29-20-8-6-18(7-9-20)21(27)24-10-11-25-12-14-26(15-13-25)22(28)19-4-2-17(16-23)3-5-19;/h2-9H,10-16,23H2,1H3,(H,24,27);1H. The van der Waals surface area contributed by atoms with Crippen molar-refractivity contribution in [3.05, 3.63) is 65.2 Å². The van der Waals surface area contributed by atoms with Crippen molar-refractivity contribution in [2.45, 2.75) is 6.54 Å². The maximum atomic E-state index is 12.6. The molecular weight excluding hydrogens is 404 g/mol. The smallest absolute Gasteiger partial charge is 0.253 e. The fraction of sp³-hybridized carbons (Fsp3) is 0.364. The summed E-state index contributed by atoms with van der Waals surface area (Å²) in [6.45, 7) is 4.76. The zero-order valence-corrected chi connectivity index (χ0v) is 18.0. The molecule has 1 fully saturated rings. The molecule has 3 N–H and O–H groups in total. The highest BCUT2D eigenvalue weighted by molar-refractivity contribution is 5.94. The largest absolute Gasteiger partial charge is 0.497 e. The van der Waals surface area contributed by atoms with Crippen LogP contribution in [0.5, 0.6) is 5.75 Å².